The predicted octanol–water partition coefficient (Wildman–Crippen LogP) is 6.00. The molecule has 0 spiro atoms. The molecule has 1 heterocycles. The molecule has 154 valence electrons. The molecule has 0 aliphatic rings. The Morgan fingerprint density at radius 3 is 2.30 bits per heavy atom. The SMILES string of the molecule is CCCCCCc1cnc(-c2ccc(COc3ccc(C#N)c(F)c3F)cc2)nc1. The van der Waals surface area contributed by atoms with Crippen molar-refractivity contribution in [2.45, 2.75) is 45.6 Å². The number of benzene rings is 2. The van der Waals surface area contributed by atoms with Crippen LogP contribution in [0.1, 0.15) is 49.3 Å². The number of ether oxygens (including phenoxy) is 1. The van der Waals surface area contributed by atoms with Crippen LogP contribution < -0.4 is 4.74 Å². The highest BCUT2D eigenvalue weighted by atomic mass is 19.2. The van der Waals surface area contributed by atoms with Gasteiger partial charge in [0, 0.05) is 18.0 Å². The fourth-order valence-electron chi connectivity index (χ4n) is 3.03. The number of unbranched alkanes of at least 4 members (excludes halogenated alkanes) is 3. The number of aromatic nitrogens is 2. The van der Waals surface area contributed by atoms with Gasteiger partial charge in [0.1, 0.15) is 12.7 Å². The van der Waals surface area contributed by atoms with Gasteiger partial charge in [0.2, 0.25) is 5.82 Å². The van der Waals surface area contributed by atoms with Crippen molar-refractivity contribution in [2.24, 2.45) is 0 Å². The maximum Gasteiger partial charge on any atom is 0.202 e. The van der Waals surface area contributed by atoms with E-state index in [2.05, 4.69) is 16.9 Å². The van der Waals surface area contributed by atoms with Gasteiger partial charge < -0.3 is 4.74 Å². The van der Waals surface area contributed by atoms with E-state index in [1.165, 1.54) is 31.4 Å². The zero-order valence-corrected chi connectivity index (χ0v) is 16.9. The van der Waals surface area contributed by atoms with Crippen molar-refractivity contribution in [2.75, 3.05) is 0 Å². The Morgan fingerprint density at radius 1 is 0.900 bits per heavy atom. The number of nitriles is 1. The molecule has 6 heteroatoms. The molecule has 0 aliphatic carbocycles. The molecule has 0 aliphatic heterocycles. The van der Waals surface area contributed by atoms with E-state index in [9.17, 15) is 8.78 Å². The molecule has 0 radical (unpaired) electrons. The highest BCUT2D eigenvalue weighted by molar-refractivity contribution is 5.55. The van der Waals surface area contributed by atoms with Crippen LogP contribution >= 0.6 is 0 Å². The first kappa shape index (κ1) is 21.4. The summed E-state index contributed by atoms with van der Waals surface area (Å²) in [7, 11) is 0. The zero-order chi connectivity index (χ0) is 21.3. The molecule has 0 saturated carbocycles. The number of aryl methyl sites for hydroxylation is 1. The quantitative estimate of drug-likeness (QED) is 0.409. The summed E-state index contributed by atoms with van der Waals surface area (Å²) >= 11 is 0. The van der Waals surface area contributed by atoms with E-state index in [0.29, 0.717) is 5.82 Å². The lowest BCUT2D eigenvalue weighted by Crippen LogP contribution is -2.00. The predicted molar refractivity (Wildman–Crippen MR) is 111 cm³/mol. The summed E-state index contributed by atoms with van der Waals surface area (Å²) in [4.78, 5) is 8.90. The molecule has 3 aromatic rings. The minimum Gasteiger partial charge on any atom is -0.486 e. The zero-order valence-electron chi connectivity index (χ0n) is 16.9. The number of halogens is 2. The van der Waals surface area contributed by atoms with E-state index in [1.54, 1.807) is 6.07 Å². The Balaban J connectivity index is 1.59. The van der Waals surface area contributed by atoms with Gasteiger partial charge in [-0.2, -0.15) is 9.65 Å². The Hall–Kier alpha value is -3.33. The molecule has 0 atom stereocenters. The van der Waals surface area contributed by atoms with Gasteiger partial charge in [-0.15, -0.1) is 0 Å². The first-order valence-electron chi connectivity index (χ1n) is 10.0. The maximum atomic E-state index is 13.9. The summed E-state index contributed by atoms with van der Waals surface area (Å²) in [5.41, 5.74) is 2.44. The van der Waals surface area contributed by atoms with Crippen LogP contribution in [0.15, 0.2) is 48.8 Å². The summed E-state index contributed by atoms with van der Waals surface area (Å²) in [5, 5.41) is 8.73. The lowest BCUT2D eigenvalue weighted by Gasteiger charge is -2.09. The molecule has 30 heavy (non-hydrogen) atoms. The molecular formula is C24H23F2N3O. The van der Waals surface area contributed by atoms with Crippen molar-refractivity contribution in [3.05, 3.63) is 77.1 Å². The molecule has 3 rings (SSSR count). The van der Waals surface area contributed by atoms with Crippen molar-refractivity contribution in [1.29, 1.82) is 5.26 Å². The van der Waals surface area contributed by atoms with Crippen LogP contribution in [-0.2, 0) is 13.0 Å². The smallest absolute Gasteiger partial charge is 0.202 e. The van der Waals surface area contributed by atoms with Gasteiger partial charge in [-0.3, -0.25) is 0 Å². The minimum atomic E-state index is -1.20. The molecule has 4 nitrogen and oxygen atoms in total. The molecule has 2 aromatic carbocycles. The molecule has 0 saturated heterocycles. The largest absolute Gasteiger partial charge is 0.486 e. The van der Waals surface area contributed by atoms with Crippen molar-refractivity contribution in [3.63, 3.8) is 0 Å². The van der Waals surface area contributed by atoms with E-state index in [0.717, 1.165) is 29.5 Å². The lowest BCUT2D eigenvalue weighted by atomic mass is 10.1. The fourth-order valence-corrected chi connectivity index (χ4v) is 3.03. The Kier molecular flexibility index (Phi) is 7.45. The summed E-state index contributed by atoms with van der Waals surface area (Å²) < 4.78 is 33.0. The van der Waals surface area contributed by atoms with Crippen LogP contribution in [0.25, 0.3) is 11.4 Å². The summed E-state index contributed by atoms with van der Waals surface area (Å²) in [6.07, 6.45) is 9.57. The van der Waals surface area contributed by atoms with Gasteiger partial charge >= 0.3 is 0 Å². The van der Waals surface area contributed by atoms with Crippen LogP contribution in [0.4, 0.5) is 8.78 Å². The van der Waals surface area contributed by atoms with Gasteiger partial charge in [0.25, 0.3) is 0 Å². The minimum absolute atomic E-state index is 0.0695. The van der Waals surface area contributed by atoms with Crippen molar-refractivity contribution < 1.29 is 13.5 Å². The number of nitrogens with zero attached hydrogens (tertiary/aromatic N) is 3. The normalized spacial score (nSPS) is 10.6. The monoisotopic (exact) mass is 407 g/mol. The third kappa shape index (κ3) is 5.38. The van der Waals surface area contributed by atoms with Crippen LogP contribution in [-0.4, -0.2) is 9.97 Å². The van der Waals surface area contributed by atoms with Crippen molar-refractivity contribution in [1.82, 2.24) is 9.97 Å². The van der Waals surface area contributed by atoms with E-state index in [-0.39, 0.29) is 17.9 Å². The molecule has 0 bridgehead atoms. The van der Waals surface area contributed by atoms with E-state index < -0.39 is 11.6 Å². The highest BCUT2D eigenvalue weighted by Crippen LogP contribution is 2.24. The number of hydrogen-bond acceptors (Lipinski definition) is 4. The summed E-state index contributed by atoms with van der Waals surface area (Å²) in [6.45, 7) is 2.26. The Morgan fingerprint density at radius 2 is 1.63 bits per heavy atom. The van der Waals surface area contributed by atoms with Gasteiger partial charge in [-0.1, -0.05) is 50.5 Å². The average molecular weight is 407 g/mol. The summed E-state index contributed by atoms with van der Waals surface area (Å²) in [6, 6.07) is 11.4. The average Bonchev–Trinajstić information content (AvgIpc) is 2.79. The van der Waals surface area contributed by atoms with Gasteiger partial charge in [-0.25, -0.2) is 14.4 Å². The lowest BCUT2D eigenvalue weighted by molar-refractivity contribution is 0.284. The van der Waals surface area contributed by atoms with E-state index in [1.807, 2.05) is 36.7 Å². The highest BCUT2D eigenvalue weighted by Gasteiger charge is 2.14. The second kappa shape index (κ2) is 10.4. The number of rotatable bonds is 9. The Labute approximate surface area is 175 Å². The maximum absolute atomic E-state index is 13.9. The van der Waals surface area contributed by atoms with Gasteiger partial charge in [-0.05, 0) is 36.1 Å². The summed E-state index contributed by atoms with van der Waals surface area (Å²) in [5.74, 6) is -1.95. The third-order valence-electron chi connectivity index (χ3n) is 4.80. The van der Waals surface area contributed by atoms with Crippen LogP contribution in [0.2, 0.25) is 0 Å². The van der Waals surface area contributed by atoms with Gasteiger partial charge in [0.05, 0.1) is 5.56 Å². The number of hydrogen-bond donors (Lipinski definition) is 0. The standard InChI is InChI=1S/C24H23F2N3O/c1-2-3-4-5-6-18-14-28-24(29-15-18)19-9-7-17(8-10-19)16-30-21-12-11-20(13-27)22(25)23(21)26/h7-12,14-15H,2-6,16H2,1H3. The molecule has 0 fully saturated rings. The molecular weight excluding hydrogens is 384 g/mol. The fraction of sp³-hybridized carbons (Fsp3) is 0.292. The van der Waals surface area contributed by atoms with Crippen LogP contribution in [0.3, 0.4) is 0 Å². The van der Waals surface area contributed by atoms with E-state index >= 15 is 0 Å². The molecule has 0 amide bonds. The molecule has 0 N–H and O–H groups in total. The first-order valence-corrected chi connectivity index (χ1v) is 10.0. The van der Waals surface area contributed by atoms with E-state index in [4.69, 9.17) is 10.00 Å². The Bertz CT molecular complexity index is 1010. The van der Waals surface area contributed by atoms with Crippen LogP contribution in [0.5, 0.6) is 5.75 Å². The molecule has 1 aromatic heterocycles. The second-order valence-electron chi connectivity index (χ2n) is 7.06. The first-order chi connectivity index (χ1) is 14.6. The topological polar surface area (TPSA) is 58.8 Å². The molecule has 0 unspecified atom stereocenters. The van der Waals surface area contributed by atoms with Crippen molar-refractivity contribution in [3.8, 4) is 23.2 Å². The van der Waals surface area contributed by atoms with Gasteiger partial charge in [0.15, 0.2) is 17.4 Å². The second-order valence-corrected chi connectivity index (χ2v) is 7.06. The van der Waals surface area contributed by atoms with Crippen LogP contribution in [0, 0.1) is 23.0 Å². The van der Waals surface area contributed by atoms with Crippen molar-refractivity contribution >= 4 is 0 Å². The third-order valence-corrected chi connectivity index (χ3v) is 4.80.